The van der Waals surface area contributed by atoms with Crippen LogP contribution >= 0.6 is 35.2 Å². The normalized spacial score (nSPS) is 20.4. The zero-order valence-corrected chi connectivity index (χ0v) is 40.2. The number of unbranched alkanes of at least 4 members (excludes halogenated alkanes) is 9. The first-order valence-corrected chi connectivity index (χ1v) is 26.8. The van der Waals surface area contributed by atoms with Crippen molar-refractivity contribution in [1.82, 2.24) is 30.2 Å². The topological polar surface area (TPSA) is 364 Å². The third kappa shape index (κ3) is 20.6. The summed E-state index contributed by atoms with van der Waals surface area (Å²) in [5, 5.41) is 26.6. The highest BCUT2D eigenvalue weighted by molar-refractivity contribution is 8.13. The lowest BCUT2D eigenvalue weighted by Gasteiger charge is -2.30. The third-order valence-electron chi connectivity index (χ3n) is 9.91. The molecule has 65 heavy (non-hydrogen) atoms. The molecule has 24 nitrogen and oxygen atoms in total. The van der Waals surface area contributed by atoms with Crippen molar-refractivity contribution in [3.63, 3.8) is 0 Å². The number of ether oxygens (including phenoxy) is 1. The number of rotatable bonds is 32. The fourth-order valence-electron chi connectivity index (χ4n) is 6.34. The number of phosphoric ester groups is 3. The standard InChI is InChI=1S/C37H64N7O17P3S/c1-4-5-6-7-8-9-10-11-12-13-14-15-16-17-28(46)65-21-20-39-27(45)18-19-40-35(49)32(48)37(2,3)23-58-64(55,56)61-63(53,54)57-22-26-31(60-62(50,51)52)30(47)36(59-26)44-25-43-29-33(38)41-24-42-34(29)44/h7-8,24-26,30-32,36,47-48H,4-6,9-23H2,1-3H3,(H,39,45)(H,40,49)(H,53,54)(H,55,56)(H2,38,41,42)(H2,50,51,52)/b8-7+/t26-,30-,31-,32+,36-/m1/s1. The number of nitrogen functional groups attached to an aromatic ring is 1. The number of nitrogens with two attached hydrogens (primary N) is 1. The van der Waals surface area contributed by atoms with E-state index in [0.717, 1.165) is 61.1 Å². The van der Waals surface area contributed by atoms with Crippen molar-refractivity contribution in [2.75, 3.05) is 37.8 Å². The number of nitrogens with zero attached hydrogens (tertiary/aromatic N) is 4. The van der Waals surface area contributed by atoms with Crippen molar-refractivity contribution in [3.05, 3.63) is 24.8 Å². The van der Waals surface area contributed by atoms with Gasteiger partial charge < -0.3 is 50.9 Å². The molecule has 2 aromatic rings. The Hall–Kier alpha value is -2.70. The van der Waals surface area contributed by atoms with Crippen LogP contribution in [0.1, 0.15) is 110 Å². The van der Waals surface area contributed by atoms with Crippen LogP contribution in [0.2, 0.25) is 0 Å². The zero-order chi connectivity index (χ0) is 48.3. The van der Waals surface area contributed by atoms with Gasteiger partial charge in [-0.25, -0.2) is 28.6 Å². The van der Waals surface area contributed by atoms with Gasteiger partial charge in [0, 0.05) is 37.1 Å². The summed E-state index contributed by atoms with van der Waals surface area (Å²) in [5.41, 5.74) is 4.28. The van der Waals surface area contributed by atoms with Crippen molar-refractivity contribution in [2.45, 2.75) is 135 Å². The van der Waals surface area contributed by atoms with Crippen molar-refractivity contribution < 1.29 is 80.5 Å². The highest BCUT2D eigenvalue weighted by Gasteiger charge is 2.50. The predicted molar refractivity (Wildman–Crippen MR) is 237 cm³/mol. The maximum atomic E-state index is 12.7. The third-order valence-corrected chi connectivity index (χ3v) is 13.9. The quantitative estimate of drug-likeness (QED) is 0.0285. The number of fused-ring (bicyclic) bond motifs is 1. The van der Waals surface area contributed by atoms with Crippen molar-refractivity contribution >= 4 is 69.1 Å². The van der Waals surface area contributed by atoms with Crippen LogP contribution in [-0.2, 0) is 50.7 Å². The monoisotopic (exact) mass is 1000 g/mol. The van der Waals surface area contributed by atoms with Gasteiger partial charge in [-0.3, -0.25) is 32.5 Å². The van der Waals surface area contributed by atoms with E-state index in [2.05, 4.69) is 53.5 Å². The van der Waals surface area contributed by atoms with Gasteiger partial charge in [-0.05, 0) is 25.7 Å². The van der Waals surface area contributed by atoms with Gasteiger partial charge in [0.2, 0.25) is 11.8 Å². The number of thioether (sulfide) groups is 1. The number of aliphatic hydroxyl groups is 2. The molecular formula is C37H64N7O17P3S. The maximum Gasteiger partial charge on any atom is 0.481 e. The first-order chi connectivity index (χ1) is 30.6. The van der Waals surface area contributed by atoms with E-state index in [1.165, 1.54) is 52.4 Å². The lowest BCUT2D eigenvalue weighted by atomic mass is 9.87. The molecular weight excluding hydrogens is 939 g/mol. The number of allylic oxidation sites excluding steroid dienone is 2. The number of carbonyl (C=O) groups is 3. The molecule has 3 rings (SSSR count). The smallest absolute Gasteiger partial charge is 0.386 e. The molecule has 3 heterocycles. The fourth-order valence-corrected chi connectivity index (χ4v) is 9.89. The molecule has 0 aromatic carbocycles. The number of phosphoric acid groups is 3. The van der Waals surface area contributed by atoms with Crippen LogP contribution in [0.4, 0.5) is 5.82 Å². The largest absolute Gasteiger partial charge is 0.481 e. The van der Waals surface area contributed by atoms with Crippen LogP contribution in [0.3, 0.4) is 0 Å². The van der Waals surface area contributed by atoms with E-state index in [0.29, 0.717) is 12.2 Å². The number of aliphatic hydroxyl groups excluding tert-OH is 2. The highest BCUT2D eigenvalue weighted by Crippen LogP contribution is 2.61. The highest BCUT2D eigenvalue weighted by atomic mass is 32.2. The zero-order valence-electron chi connectivity index (χ0n) is 36.7. The Labute approximate surface area is 381 Å². The second-order valence-electron chi connectivity index (χ2n) is 15.9. The van der Waals surface area contributed by atoms with Gasteiger partial charge in [-0.2, -0.15) is 4.31 Å². The summed E-state index contributed by atoms with van der Waals surface area (Å²) < 4.78 is 62.4. The predicted octanol–water partition coefficient (Wildman–Crippen LogP) is 3.92. The van der Waals surface area contributed by atoms with Crippen LogP contribution < -0.4 is 16.4 Å². The Bertz CT molecular complexity index is 2010. The van der Waals surface area contributed by atoms with E-state index in [1.807, 2.05) is 0 Å². The summed E-state index contributed by atoms with van der Waals surface area (Å²) in [6, 6.07) is 0. The number of aromatic nitrogens is 4. The lowest BCUT2D eigenvalue weighted by Crippen LogP contribution is -2.46. The molecule has 2 aromatic heterocycles. The number of nitrogens with one attached hydrogen (secondary N) is 2. The molecule has 0 saturated carbocycles. The lowest BCUT2D eigenvalue weighted by molar-refractivity contribution is -0.137. The average Bonchev–Trinajstić information content (AvgIpc) is 3.79. The van der Waals surface area contributed by atoms with Crippen LogP contribution in [0.5, 0.6) is 0 Å². The van der Waals surface area contributed by atoms with E-state index < -0.39 is 84.6 Å². The Morgan fingerprint density at radius 3 is 2.25 bits per heavy atom. The van der Waals surface area contributed by atoms with Crippen molar-refractivity contribution in [2.24, 2.45) is 5.41 Å². The summed E-state index contributed by atoms with van der Waals surface area (Å²) in [7, 11) is -16.4. The summed E-state index contributed by atoms with van der Waals surface area (Å²) in [4.78, 5) is 88.3. The fraction of sp³-hybridized carbons (Fsp3) is 0.730. The number of imidazole rings is 1. The van der Waals surface area contributed by atoms with Crippen molar-refractivity contribution in [3.8, 4) is 0 Å². The summed E-state index contributed by atoms with van der Waals surface area (Å²) in [5.74, 6) is -1.03. The first-order valence-electron chi connectivity index (χ1n) is 21.3. The van der Waals surface area contributed by atoms with Gasteiger partial charge in [0.1, 0.15) is 36.3 Å². The number of anilines is 1. The molecule has 0 bridgehead atoms. The number of amides is 2. The van der Waals surface area contributed by atoms with E-state index in [1.54, 1.807) is 0 Å². The molecule has 370 valence electrons. The molecule has 1 fully saturated rings. The van der Waals surface area contributed by atoms with E-state index in [4.69, 9.17) is 19.5 Å². The van der Waals surface area contributed by atoms with Gasteiger partial charge in [0.05, 0.1) is 19.5 Å². The van der Waals surface area contributed by atoms with Gasteiger partial charge >= 0.3 is 23.5 Å². The number of hydrogen-bond acceptors (Lipinski definition) is 18. The Kier molecular flexibility index (Phi) is 23.8. The Balaban J connectivity index is 1.33. The summed E-state index contributed by atoms with van der Waals surface area (Å²) in [6.45, 7) is 2.76. The molecule has 0 radical (unpaired) electrons. The van der Waals surface area contributed by atoms with Gasteiger partial charge in [0.25, 0.3) is 0 Å². The number of carbonyl (C=O) groups excluding carboxylic acids is 3. The van der Waals surface area contributed by atoms with E-state index in [9.17, 15) is 57.9 Å². The van der Waals surface area contributed by atoms with Crippen LogP contribution in [0, 0.1) is 5.41 Å². The minimum atomic E-state index is -5.57. The molecule has 2 amide bonds. The summed E-state index contributed by atoms with van der Waals surface area (Å²) >= 11 is 1.15. The molecule has 28 heteroatoms. The maximum absolute atomic E-state index is 12.7. The van der Waals surface area contributed by atoms with Gasteiger partial charge in [-0.1, -0.05) is 89.6 Å². The second-order valence-corrected chi connectivity index (χ2v) is 21.3. The van der Waals surface area contributed by atoms with Crippen LogP contribution in [0.25, 0.3) is 11.2 Å². The minimum absolute atomic E-state index is 0.0329. The Morgan fingerprint density at radius 2 is 1.57 bits per heavy atom. The first kappa shape index (κ1) is 56.6. The molecule has 1 aliphatic heterocycles. The number of hydrogen-bond donors (Lipinski definition) is 9. The van der Waals surface area contributed by atoms with Crippen LogP contribution in [0.15, 0.2) is 24.8 Å². The molecule has 1 aliphatic rings. The van der Waals surface area contributed by atoms with Gasteiger partial charge in [0.15, 0.2) is 22.8 Å². The molecule has 7 atom stereocenters. The molecule has 0 spiro atoms. The summed E-state index contributed by atoms with van der Waals surface area (Å²) in [6.07, 6.45) is 10.6. The average molecular weight is 1000 g/mol. The Morgan fingerprint density at radius 1 is 0.923 bits per heavy atom. The molecule has 10 N–H and O–H groups in total. The SMILES string of the molecule is CCCC/C=C/CCCCCCCCCC(=O)SCCNC(=O)CCNC(=O)[C@H](O)C(C)(C)COP(=O)(O)OP(=O)(O)OC[C@H]1O[C@@H](n2cnc3c(N)ncnc32)[C@H](O)[C@@H]1OP(=O)(O)O. The molecule has 2 unspecified atom stereocenters. The van der Waals surface area contributed by atoms with E-state index in [-0.39, 0.29) is 41.6 Å². The van der Waals surface area contributed by atoms with Crippen LogP contribution in [-0.4, -0.2) is 123 Å². The second kappa shape index (κ2) is 27.3. The van der Waals surface area contributed by atoms with E-state index >= 15 is 0 Å². The minimum Gasteiger partial charge on any atom is -0.386 e. The van der Waals surface area contributed by atoms with Gasteiger partial charge in [-0.15, -0.1) is 0 Å². The van der Waals surface area contributed by atoms with Crippen molar-refractivity contribution in [1.29, 1.82) is 0 Å². The molecule has 0 aliphatic carbocycles. The molecule has 1 saturated heterocycles.